The topological polar surface area (TPSA) is 90.7 Å². The first kappa shape index (κ1) is 18.0. The number of fused-ring (bicyclic) bond motifs is 1. The number of ether oxygens (including phenoxy) is 2. The second-order valence-electron chi connectivity index (χ2n) is 5.85. The third-order valence-corrected chi connectivity index (χ3v) is 4.23. The van der Waals surface area contributed by atoms with E-state index in [0.29, 0.717) is 47.5 Å². The van der Waals surface area contributed by atoms with E-state index in [1.807, 2.05) is 0 Å². The summed E-state index contributed by atoms with van der Waals surface area (Å²) in [5, 5.41) is 14.7. The van der Waals surface area contributed by atoms with Crippen LogP contribution in [-0.4, -0.2) is 23.9 Å². The number of nitro groups is 1. The van der Waals surface area contributed by atoms with E-state index in [1.54, 1.807) is 18.2 Å². The van der Waals surface area contributed by atoms with Crippen molar-refractivity contribution in [2.24, 2.45) is 0 Å². The number of nitrogens with one attached hydrogen (secondary N) is 1. The average Bonchev–Trinajstić information content (AvgIpc) is 2.85. The number of hydrogen-bond acceptors (Lipinski definition) is 6. The van der Waals surface area contributed by atoms with Gasteiger partial charge in [0.25, 0.3) is 5.69 Å². The number of halogens is 1. The molecule has 0 unspecified atom stereocenters. The molecule has 2 aromatic rings. The number of nitro benzene ring substituents is 1. The van der Waals surface area contributed by atoms with Crippen LogP contribution in [0.4, 0.5) is 11.4 Å². The number of benzene rings is 2. The molecule has 0 spiro atoms. The molecule has 0 radical (unpaired) electrons. The van der Waals surface area contributed by atoms with E-state index in [9.17, 15) is 14.9 Å². The second kappa shape index (κ2) is 7.61. The van der Waals surface area contributed by atoms with E-state index in [4.69, 9.17) is 21.1 Å². The van der Waals surface area contributed by atoms with Gasteiger partial charge in [0.05, 0.1) is 23.2 Å². The summed E-state index contributed by atoms with van der Waals surface area (Å²) in [5.41, 5.74) is 1.26. The van der Waals surface area contributed by atoms with Crippen LogP contribution in [-0.2, 0) is 6.54 Å². The number of rotatable bonds is 5. The van der Waals surface area contributed by atoms with Gasteiger partial charge in [-0.2, -0.15) is 0 Å². The van der Waals surface area contributed by atoms with Gasteiger partial charge in [0.2, 0.25) is 0 Å². The monoisotopic (exact) mass is 376 g/mol. The van der Waals surface area contributed by atoms with Gasteiger partial charge in [-0.1, -0.05) is 11.6 Å². The minimum Gasteiger partial charge on any atom is -0.489 e. The predicted molar refractivity (Wildman–Crippen MR) is 97.5 cm³/mol. The summed E-state index contributed by atoms with van der Waals surface area (Å²) in [7, 11) is 0. The molecule has 0 saturated heterocycles. The maximum Gasteiger partial charge on any atom is 0.293 e. The van der Waals surface area contributed by atoms with Crippen molar-refractivity contribution < 1.29 is 19.2 Å². The van der Waals surface area contributed by atoms with Gasteiger partial charge in [-0.05, 0) is 36.8 Å². The molecule has 1 heterocycles. The Morgan fingerprint density at radius 1 is 1.27 bits per heavy atom. The van der Waals surface area contributed by atoms with Gasteiger partial charge < -0.3 is 14.8 Å². The smallest absolute Gasteiger partial charge is 0.293 e. The molecular formula is C18H17ClN2O5. The van der Waals surface area contributed by atoms with Gasteiger partial charge in [-0.15, -0.1) is 0 Å². The van der Waals surface area contributed by atoms with E-state index < -0.39 is 4.92 Å². The summed E-state index contributed by atoms with van der Waals surface area (Å²) in [6.07, 6.45) is 0.771. The number of nitrogens with zero attached hydrogens (tertiary/aromatic N) is 1. The number of Topliss-reactive ketones (excluding diaryl/α,β-unsaturated/α-hetero) is 1. The van der Waals surface area contributed by atoms with Crippen molar-refractivity contribution in [2.45, 2.75) is 19.9 Å². The Balaban J connectivity index is 1.83. The lowest BCUT2D eigenvalue weighted by molar-refractivity contribution is -0.384. The van der Waals surface area contributed by atoms with Crippen molar-refractivity contribution in [3.05, 3.63) is 56.6 Å². The maximum absolute atomic E-state index is 11.4. The summed E-state index contributed by atoms with van der Waals surface area (Å²) in [6.45, 7) is 2.75. The molecule has 136 valence electrons. The Morgan fingerprint density at radius 2 is 2.04 bits per heavy atom. The highest BCUT2D eigenvalue weighted by atomic mass is 35.5. The third-order valence-electron chi connectivity index (χ3n) is 3.95. The van der Waals surface area contributed by atoms with Gasteiger partial charge in [-0.25, -0.2) is 0 Å². The molecule has 7 nitrogen and oxygen atoms in total. The molecule has 2 aromatic carbocycles. The zero-order valence-electron chi connectivity index (χ0n) is 14.1. The largest absolute Gasteiger partial charge is 0.489 e. The molecule has 0 saturated carbocycles. The van der Waals surface area contributed by atoms with Crippen LogP contribution in [0.5, 0.6) is 11.5 Å². The second-order valence-corrected chi connectivity index (χ2v) is 6.26. The first-order valence-electron chi connectivity index (χ1n) is 8.07. The summed E-state index contributed by atoms with van der Waals surface area (Å²) in [4.78, 5) is 22.2. The molecule has 3 rings (SSSR count). The molecule has 0 aliphatic carbocycles. The number of carbonyl (C=O) groups excluding carboxylic acids is 1. The van der Waals surface area contributed by atoms with E-state index in [2.05, 4.69) is 5.32 Å². The van der Waals surface area contributed by atoms with Crippen LogP contribution >= 0.6 is 11.6 Å². The molecule has 0 atom stereocenters. The van der Waals surface area contributed by atoms with Crippen LogP contribution in [0, 0.1) is 10.1 Å². The molecule has 0 amide bonds. The minimum absolute atomic E-state index is 0.154. The molecule has 0 bridgehead atoms. The van der Waals surface area contributed by atoms with E-state index >= 15 is 0 Å². The number of anilines is 1. The van der Waals surface area contributed by atoms with Crippen molar-refractivity contribution in [1.29, 1.82) is 0 Å². The van der Waals surface area contributed by atoms with Crippen molar-refractivity contribution >= 4 is 28.8 Å². The number of hydrogen-bond donors (Lipinski definition) is 1. The fourth-order valence-corrected chi connectivity index (χ4v) is 2.92. The molecule has 0 fully saturated rings. The highest BCUT2D eigenvalue weighted by Gasteiger charge is 2.18. The van der Waals surface area contributed by atoms with Crippen LogP contribution in [0.2, 0.25) is 5.02 Å². The van der Waals surface area contributed by atoms with Crippen LogP contribution in [0.3, 0.4) is 0 Å². The quantitative estimate of drug-likeness (QED) is 0.477. The first-order valence-corrected chi connectivity index (χ1v) is 8.45. The van der Waals surface area contributed by atoms with Gasteiger partial charge in [0.1, 0.15) is 5.69 Å². The Morgan fingerprint density at radius 3 is 2.77 bits per heavy atom. The SMILES string of the molecule is CC(=O)c1ccc(NCc2cc(Cl)c3c(c2)OCCCO3)c([N+](=O)[O-])c1. The fraction of sp³-hybridized carbons (Fsp3) is 0.278. The lowest BCUT2D eigenvalue weighted by atomic mass is 10.1. The fourth-order valence-electron chi connectivity index (χ4n) is 2.63. The van der Waals surface area contributed by atoms with E-state index in [-0.39, 0.29) is 11.5 Å². The van der Waals surface area contributed by atoms with Crippen molar-refractivity contribution in [2.75, 3.05) is 18.5 Å². The molecule has 1 N–H and O–H groups in total. The summed E-state index contributed by atoms with van der Waals surface area (Å²) in [5.74, 6) is 0.854. The summed E-state index contributed by atoms with van der Waals surface area (Å²) < 4.78 is 11.2. The van der Waals surface area contributed by atoms with Gasteiger partial charge in [0.15, 0.2) is 17.3 Å². The van der Waals surface area contributed by atoms with Gasteiger partial charge in [0, 0.05) is 24.6 Å². The lowest BCUT2D eigenvalue weighted by Crippen LogP contribution is -2.05. The number of carbonyl (C=O) groups is 1. The van der Waals surface area contributed by atoms with Crippen LogP contribution in [0.25, 0.3) is 0 Å². The first-order chi connectivity index (χ1) is 12.5. The van der Waals surface area contributed by atoms with E-state index in [1.165, 1.54) is 19.1 Å². The molecule has 26 heavy (non-hydrogen) atoms. The van der Waals surface area contributed by atoms with Crippen molar-refractivity contribution in [3.8, 4) is 11.5 Å². The highest BCUT2D eigenvalue weighted by molar-refractivity contribution is 6.32. The molecule has 1 aliphatic rings. The maximum atomic E-state index is 11.4. The zero-order chi connectivity index (χ0) is 18.7. The minimum atomic E-state index is -0.518. The molecular weight excluding hydrogens is 360 g/mol. The Kier molecular flexibility index (Phi) is 5.27. The van der Waals surface area contributed by atoms with Gasteiger partial charge >= 0.3 is 0 Å². The Hall–Kier alpha value is -2.80. The highest BCUT2D eigenvalue weighted by Crippen LogP contribution is 2.38. The molecule has 8 heteroatoms. The average molecular weight is 377 g/mol. The third kappa shape index (κ3) is 3.88. The van der Waals surface area contributed by atoms with Gasteiger partial charge in [-0.3, -0.25) is 14.9 Å². The normalized spacial score (nSPS) is 13.0. The van der Waals surface area contributed by atoms with Crippen LogP contribution in [0.15, 0.2) is 30.3 Å². The molecule has 1 aliphatic heterocycles. The Labute approximate surface area is 155 Å². The van der Waals surface area contributed by atoms with Crippen LogP contribution in [0.1, 0.15) is 29.3 Å². The lowest BCUT2D eigenvalue weighted by Gasteiger charge is -2.13. The zero-order valence-corrected chi connectivity index (χ0v) is 14.8. The number of ketones is 1. The standard InChI is InChI=1S/C18H17ClN2O5/c1-11(22)13-3-4-15(16(9-13)21(23)24)20-10-12-7-14(19)18-17(8-12)25-5-2-6-26-18/h3-4,7-9,20H,2,5-6,10H2,1H3. The van der Waals surface area contributed by atoms with Crippen molar-refractivity contribution in [3.63, 3.8) is 0 Å². The summed E-state index contributed by atoms with van der Waals surface area (Å²) in [6, 6.07) is 7.89. The Bertz CT molecular complexity index is 869. The van der Waals surface area contributed by atoms with Crippen LogP contribution < -0.4 is 14.8 Å². The van der Waals surface area contributed by atoms with E-state index in [0.717, 1.165) is 12.0 Å². The van der Waals surface area contributed by atoms with Crippen molar-refractivity contribution in [1.82, 2.24) is 0 Å². The molecule has 0 aromatic heterocycles. The summed E-state index contributed by atoms with van der Waals surface area (Å²) >= 11 is 6.26. The predicted octanol–water partition coefficient (Wildman–Crippen LogP) is 4.22.